The van der Waals surface area contributed by atoms with Gasteiger partial charge in [-0.25, -0.2) is 0 Å². The van der Waals surface area contributed by atoms with E-state index in [0.29, 0.717) is 5.78 Å². The van der Waals surface area contributed by atoms with Crippen LogP contribution in [0.5, 0.6) is 0 Å². The molecule has 0 N–H and O–H groups in total. The lowest BCUT2D eigenvalue weighted by Crippen LogP contribution is -2.26. The van der Waals surface area contributed by atoms with Crippen LogP contribution in [0.25, 0.3) is 0 Å². The van der Waals surface area contributed by atoms with Gasteiger partial charge in [-0.2, -0.15) is 0 Å². The fourth-order valence-electron chi connectivity index (χ4n) is 4.66. The van der Waals surface area contributed by atoms with E-state index in [2.05, 4.69) is 53.7 Å². The summed E-state index contributed by atoms with van der Waals surface area (Å²) in [4.78, 5) is 13.0. The Balaban J connectivity index is 2.34. The second-order valence-corrected chi connectivity index (χ2v) is 9.50. The number of carbonyl (C=O) groups excluding carboxylic acids is 1. The first-order chi connectivity index (χ1) is 10.1. The molecule has 0 saturated heterocycles. The monoisotopic (exact) mass is 298 g/mol. The third-order valence-electron chi connectivity index (χ3n) is 5.69. The van der Waals surface area contributed by atoms with E-state index < -0.39 is 0 Å². The summed E-state index contributed by atoms with van der Waals surface area (Å²) in [5.74, 6) is 0.396. The van der Waals surface area contributed by atoms with E-state index in [0.717, 1.165) is 12.0 Å². The zero-order valence-corrected chi connectivity index (χ0v) is 15.1. The van der Waals surface area contributed by atoms with E-state index in [1.807, 2.05) is 0 Å². The third kappa shape index (κ3) is 2.25. The molecule has 0 heterocycles. The molecule has 0 bridgehead atoms. The molecule has 0 unspecified atom stereocenters. The normalized spacial score (nSPS) is 20.7. The van der Waals surface area contributed by atoms with E-state index in [4.69, 9.17) is 0 Å². The van der Waals surface area contributed by atoms with Crippen LogP contribution < -0.4 is 0 Å². The summed E-state index contributed by atoms with van der Waals surface area (Å²) in [6.07, 6.45) is 5.69. The van der Waals surface area contributed by atoms with Crippen LogP contribution in [-0.2, 0) is 16.2 Å². The maximum Gasteiger partial charge on any atom is 0.164 e. The zero-order chi connectivity index (χ0) is 16.3. The van der Waals surface area contributed by atoms with Crippen molar-refractivity contribution >= 4 is 5.78 Å². The van der Waals surface area contributed by atoms with Crippen LogP contribution in [0, 0.1) is 0 Å². The summed E-state index contributed by atoms with van der Waals surface area (Å²) >= 11 is 0. The molecule has 1 saturated carbocycles. The van der Waals surface area contributed by atoms with E-state index >= 15 is 0 Å². The highest BCUT2D eigenvalue weighted by Crippen LogP contribution is 2.54. The van der Waals surface area contributed by atoms with Crippen molar-refractivity contribution in [1.82, 2.24) is 0 Å². The maximum atomic E-state index is 13.0. The van der Waals surface area contributed by atoms with Gasteiger partial charge in [0.05, 0.1) is 0 Å². The van der Waals surface area contributed by atoms with Crippen LogP contribution in [0.4, 0.5) is 0 Å². The van der Waals surface area contributed by atoms with Crippen LogP contribution >= 0.6 is 0 Å². The van der Waals surface area contributed by atoms with E-state index in [9.17, 15) is 4.79 Å². The Labute approximate surface area is 135 Å². The lowest BCUT2D eigenvalue weighted by molar-refractivity contribution is 0.0972. The van der Waals surface area contributed by atoms with Crippen LogP contribution in [0.3, 0.4) is 0 Å². The van der Waals surface area contributed by atoms with Crippen LogP contribution in [0.15, 0.2) is 12.1 Å². The molecule has 1 fully saturated rings. The predicted molar refractivity (Wildman–Crippen MR) is 92.9 cm³/mol. The summed E-state index contributed by atoms with van der Waals surface area (Å²) in [6.45, 7) is 13.5. The molecule has 2 aliphatic rings. The molecule has 1 spiro atoms. The Morgan fingerprint density at radius 2 is 1.36 bits per heavy atom. The number of Topliss-reactive ketones (excluding diaryl/α,β-unsaturated/α-hetero) is 1. The molecule has 0 amide bonds. The molecule has 1 aromatic rings. The molecule has 0 radical (unpaired) electrons. The second kappa shape index (κ2) is 4.69. The van der Waals surface area contributed by atoms with Gasteiger partial charge < -0.3 is 0 Å². The molecule has 1 heteroatoms. The molecular weight excluding hydrogens is 268 g/mol. The molecule has 1 aromatic carbocycles. The summed E-state index contributed by atoms with van der Waals surface area (Å²) in [5, 5.41) is 0. The first-order valence-electron chi connectivity index (χ1n) is 8.78. The number of hydrogen-bond donors (Lipinski definition) is 0. The Bertz CT molecular complexity index is 617. The minimum Gasteiger partial charge on any atom is -0.294 e. The molecule has 3 rings (SSSR count). The largest absolute Gasteiger partial charge is 0.294 e. The number of hydrogen-bond acceptors (Lipinski definition) is 1. The molecular formula is C21H30O. The van der Waals surface area contributed by atoms with Gasteiger partial charge in [0.25, 0.3) is 0 Å². The van der Waals surface area contributed by atoms with Crippen molar-refractivity contribution in [2.75, 3.05) is 0 Å². The number of fused-ring (bicyclic) bond motifs is 2. The fourth-order valence-corrected chi connectivity index (χ4v) is 4.66. The average Bonchev–Trinajstić information content (AvgIpc) is 2.94. The SMILES string of the molecule is CC(C)(C)c1ccc(C(C)(C)C)c2c1C(=O)CC21CCCC1. The van der Waals surface area contributed by atoms with Gasteiger partial charge in [0.15, 0.2) is 5.78 Å². The number of benzene rings is 1. The van der Waals surface area contributed by atoms with Gasteiger partial charge in [0, 0.05) is 17.4 Å². The van der Waals surface area contributed by atoms with Crippen molar-refractivity contribution in [3.8, 4) is 0 Å². The minimum atomic E-state index is 0.0281. The third-order valence-corrected chi connectivity index (χ3v) is 5.69. The highest BCUT2D eigenvalue weighted by atomic mass is 16.1. The van der Waals surface area contributed by atoms with Gasteiger partial charge in [-0.1, -0.05) is 66.5 Å². The topological polar surface area (TPSA) is 17.1 Å². The van der Waals surface area contributed by atoms with Gasteiger partial charge in [-0.3, -0.25) is 4.79 Å². The minimum absolute atomic E-state index is 0.0281. The summed E-state index contributed by atoms with van der Waals surface area (Å²) in [5.41, 5.74) is 5.45. The standard InChI is InChI=1S/C21H30O/c1-19(2,3)14-9-10-15(20(4,5)6)18-17(14)16(22)13-21(18)11-7-8-12-21/h9-10H,7-8,11-13H2,1-6H3. The first kappa shape index (κ1) is 15.8. The summed E-state index contributed by atoms with van der Waals surface area (Å²) < 4.78 is 0. The number of carbonyl (C=O) groups is 1. The highest BCUT2D eigenvalue weighted by Gasteiger charge is 2.49. The van der Waals surface area contributed by atoms with E-state index in [-0.39, 0.29) is 16.2 Å². The quantitative estimate of drug-likeness (QED) is 0.602. The Morgan fingerprint density at radius 3 is 1.86 bits per heavy atom. The number of rotatable bonds is 0. The van der Waals surface area contributed by atoms with Crippen molar-refractivity contribution in [1.29, 1.82) is 0 Å². The summed E-state index contributed by atoms with van der Waals surface area (Å²) in [7, 11) is 0. The maximum absolute atomic E-state index is 13.0. The van der Waals surface area contributed by atoms with Crippen LogP contribution in [-0.4, -0.2) is 5.78 Å². The number of ketones is 1. The smallest absolute Gasteiger partial charge is 0.164 e. The Morgan fingerprint density at radius 1 is 0.864 bits per heavy atom. The lowest BCUT2D eigenvalue weighted by atomic mass is 9.70. The van der Waals surface area contributed by atoms with Crippen molar-refractivity contribution in [2.24, 2.45) is 0 Å². The van der Waals surface area contributed by atoms with Gasteiger partial charge in [0.2, 0.25) is 0 Å². The van der Waals surface area contributed by atoms with Gasteiger partial charge >= 0.3 is 0 Å². The van der Waals surface area contributed by atoms with Gasteiger partial charge in [0.1, 0.15) is 0 Å². The van der Waals surface area contributed by atoms with E-state index in [1.165, 1.54) is 42.4 Å². The molecule has 0 atom stereocenters. The lowest BCUT2D eigenvalue weighted by Gasteiger charge is -2.33. The van der Waals surface area contributed by atoms with E-state index in [1.54, 1.807) is 0 Å². The Kier molecular flexibility index (Phi) is 3.36. The molecule has 0 aliphatic heterocycles. The van der Waals surface area contributed by atoms with Crippen LogP contribution in [0.2, 0.25) is 0 Å². The zero-order valence-electron chi connectivity index (χ0n) is 15.1. The first-order valence-corrected chi connectivity index (χ1v) is 8.78. The average molecular weight is 298 g/mol. The fraction of sp³-hybridized carbons (Fsp3) is 0.667. The molecule has 22 heavy (non-hydrogen) atoms. The predicted octanol–water partition coefficient (Wildman–Crippen LogP) is 5.68. The van der Waals surface area contributed by atoms with Crippen molar-refractivity contribution in [3.05, 3.63) is 34.4 Å². The highest BCUT2D eigenvalue weighted by molar-refractivity contribution is 6.04. The van der Waals surface area contributed by atoms with Crippen LogP contribution in [0.1, 0.15) is 101 Å². The summed E-state index contributed by atoms with van der Waals surface area (Å²) in [6, 6.07) is 4.55. The second-order valence-electron chi connectivity index (χ2n) is 9.50. The molecule has 2 aliphatic carbocycles. The molecule has 1 nitrogen and oxygen atoms in total. The molecule has 120 valence electrons. The van der Waals surface area contributed by atoms with Gasteiger partial charge in [-0.15, -0.1) is 0 Å². The van der Waals surface area contributed by atoms with Crippen molar-refractivity contribution < 1.29 is 4.79 Å². The molecule has 0 aromatic heterocycles. The van der Waals surface area contributed by atoms with Crippen molar-refractivity contribution in [3.63, 3.8) is 0 Å². The van der Waals surface area contributed by atoms with Gasteiger partial charge in [-0.05, 0) is 40.4 Å². The van der Waals surface area contributed by atoms with Crippen molar-refractivity contribution in [2.45, 2.75) is 89.9 Å². The Hall–Kier alpha value is -1.11.